The summed E-state index contributed by atoms with van der Waals surface area (Å²) in [6.07, 6.45) is 1.09. The van der Waals surface area contributed by atoms with Crippen LogP contribution < -0.4 is 14.4 Å². The quantitative estimate of drug-likeness (QED) is 0.252. The molecule has 1 aliphatic rings. The Morgan fingerprint density at radius 2 is 1.47 bits per heavy atom. The summed E-state index contributed by atoms with van der Waals surface area (Å²) in [5.74, 6) is -2.13. The van der Waals surface area contributed by atoms with Gasteiger partial charge in [-0.15, -0.1) is 0 Å². The number of hydrogen-bond acceptors (Lipinski definition) is 6. The molecule has 4 amide bonds. The van der Waals surface area contributed by atoms with Gasteiger partial charge in [0.15, 0.2) is 0 Å². The SMILES string of the molecule is Cc1ccc(Cl)cc1N1C(=O)NC(=O)/C(=C\c2cc(Cl)ccc2OS(=O)(=O)c2ccc(Cl)cc2)C1=O. The maximum absolute atomic E-state index is 13.3. The number of urea groups is 1. The summed E-state index contributed by atoms with van der Waals surface area (Å²) in [6.45, 7) is 1.66. The van der Waals surface area contributed by atoms with E-state index in [0.717, 1.165) is 11.0 Å². The minimum Gasteiger partial charge on any atom is -0.378 e. The molecule has 0 bridgehead atoms. The second-order valence-electron chi connectivity index (χ2n) is 7.56. The van der Waals surface area contributed by atoms with Gasteiger partial charge >= 0.3 is 16.1 Å². The molecule has 4 rings (SSSR count). The number of carbonyl (C=O) groups is 3. The maximum Gasteiger partial charge on any atom is 0.339 e. The highest BCUT2D eigenvalue weighted by molar-refractivity contribution is 7.87. The van der Waals surface area contributed by atoms with Gasteiger partial charge < -0.3 is 4.18 Å². The van der Waals surface area contributed by atoms with Crippen molar-refractivity contribution in [1.82, 2.24) is 5.32 Å². The average molecular weight is 566 g/mol. The summed E-state index contributed by atoms with van der Waals surface area (Å²) in [5.41, 5.74) is 0.286. The molecule has 0 radical (unpaired) electrons. The van der Waals surface area contributed by atoms with Crippen molar-refractivity contribution in [3.63, 3.8) is 0 Å². The van der Waals surface area contributed by atoms with Crippen LogP contribution in [0.3, 0.4) is 0 Å². The molecule has 12 heteroatoms. The van der Waals surface area contributed by atoms with Crippen molar-refractivity contribution in [2.24, 2.45) is 0 Å². The van der Waals surface area contributed by atoms with E-state index in [-0.39, 0.29) is 31.9 Å². The third kappa shape index (κ3) is 5.24. The van der Waals surface area contributed by atoms with Gasteiger partial charge in [0.05, 0.1) is 5.69 Å². The molecule has 0 spiro atoms. The molecule has 0 aromatic heterocycles. The second-order valence-corrected chi connectivity index (χ2v) is 10.4. The van der Waals surface area contributed by atoms with Crippen molar-refractivity contribution >= 4 is 74.5 Å². The highest BCUT2D eigenvalue weighted by Gasteiger charge is 2.37. The Kier molecular flexibility index (Phi) is 7.10. The van der Waals surface area contributed by atoms with Crippen molar-refractivity contribution in [2.45, 2.75) is 11.8 Å². The summed E-state index contributed by atoms with van der Waals surface area (Å²) in [7, 11) is -4.30. The van der Waals surface area contributed by atoms with Crippen LogP contribution in [-0.2, 0) is 19.7 Å². The molecule has 1 N–H and O–H groups in total. The number of anilines is 1. The number of amides is 4. The first-order valence-electron chi connectivity index (χ1n) is 10.1. The van der Waals surface area contributed by atoms with Gasteiger partial charge in [0.2, 0.25) is 0 Å². The van der Waals surface area contributed by atoms with Gasteiger partial charge in [-0.25, -0.2) is 9.69 Å². The summed E-state index contributed by atoms with van der Waals surface area (Å²) in [4.78, 5) is 39.0. The highest BCUT2D eigenvalue weighted by atomic mass is 35.5. The number of benzene rings is 3. The van der Waals surface area contributed by atoms with Crippen LogP contribution in [-0.4, -0.2) is 26.3 Å². The molecule has 0 saturated carbocycles. The van der Waals surface area contributed by atoms with Crippen LogP contribution in [0.5, 0.6) is 5.75 Å². The lowest BCUT2D eigenvalue weighted by Crippen LogP contribution is -2.54. The fraction of sp³-hybridized carbons (Fsp3) is 0.0417. The Balaban J connectivity index is 1.77. The van der Waals surface area contributed by atoms with Gasteiger partial charge in [0, 0.05) is 20.6 Å². The molecule has 3 aromatic rings. The number of aryl methyl sites for hydroxylation is 1. The van der Waals surface area contributed by atoms with E-state index >= 15 is 0 Å². The third-order valence-corrected chi connectivity index (χ3v) is 7.06. The smallest absolute Gasteiger partial charge is 0.339 e. The number of nitrogens with zero attached hydrogens (tertiary/aromatic N) is 1. The van der Waals surface area contributed by atoms with Crippen LogP contribution in [0.2, 0.25) is 15.1 Å². The van der Waals surface area contributed by atoms with Gasteiger partial charge in [-0.05, 0) is 73.2 Å². The van der Waals surface area contributed by atoms with E-state index in [9.17, 15) is 22.8 Å². The summed E-state index contributed by atoms with van der Waals surface area (Å²) in [5, 5.41) is 2.89. The zero-order chi connectivity index (χ0) is 26.2. The number of carbonyl (C=O) groups excluding carboxylic acids is 3. The standard InChI is InChI=1S/C24H15Cl3N2O6S/c1-13-2-3-17(27)12-20(13)29-23(31)19(22(30)28-24(29)32)11-14-10-16(26)6-9-21(14)35-36(33,34)18-7-4-15(25)5-8-18/h2-12H,1H3,(H,28,30,32)/b19-11+. The lowest BCUT2D eigenvalue weighted by atomic mass is 10.1. The molecule has 8 nitrogen and oxygen atoms in total. The number of rotatable bonds is 5. The summed E-state index contributed by atoms with van der Waals surface area (Å²) < 4.78 is 30.9. The Hall–Kier alpha value is -3.37. The Bertz CT molecular complexity index is 1550. The molecule has 1 saturated heterocycles. The first kappa shape index (κ1) is 25.7. The van der Waals surface area contributed by atoms with Gasteiger partial charge in [0.25, 0.3) is 11.8 Å². The van der Waals surface area contributed by atoms with E-state index in [1.54, 1.807) is 19.1 Å². The zero-order valence-corrected chi connectivity index (χ0v) is 21.4. The van der Waals surface area contributed by atoms with Gasteiger partial charge in [-0.2, -0.15) is 8.42 Å². The third-order valence-electron chi connectivity index (χ3n) is 5.09. The Morgan fingerprint density at radius 3 is 2.17 bits per heavy atom. The molecule has 1 fully saturated rings. The van der Waals surface area contributed by atoms with E-state index in [1.165, 1.54) is 48.5 Å². The zero-order valence-electron chi connectivity index (χ0n) is 18.3. The van der Waals surface area contributed by atoms with Crippen LogP contribution >= 0.6 is 34.8 Å². The predicted octanol–water partition coefficient (Wildman–Crippen LogP) is 5.39. The maximum atomic E-state index is 13.3. The summed E-state index contributed by atoms with van der Waals surface area (Å²) >= 11 is 17.9. The first-order chi connectivity index (χ1) is 17.0. The van der Waals surface area contributed by atoms with E-state index in [2.05, 4.69) is 5.32 Å². The van der Waals surface area contributed by atoms with E-state index in [4.69, 9.17) is 39.0 Å². The number of hydrogen-bond donors (Lipinski definition) is 1. The van der Waals surface area contributed by atoms with Crippen LogP contribution in [0.1, 0.15) is 11.1 Å². The van der Waals surface area contributed by atoms with Crippen molar-refractivity contribution in [3.8, 4) is 5.75 Å². The van der Waals surface area contributed by atoms with Crippen molar-refractivity contribution in [1.29, 1.82) is 0 Å². The lowest BCUT2D eigenvalue weighted by Gasteiger charge is -2.27. The molecule has 184 valence electrons. The molecule has 0 atom stereocenters. The molecule has 0 aliphatic carbocycles. The average Bonchev–Trinajstić information content (AvgIpc) is 2.80. The van der Waals surface area contributed by atoms with Crippen LogP contribution in [0.15, 0.2) is 71.1 Å². The largest absolute Gasteiger partial charge is 0.378 e. The molecular formula is C24H15Cl3N2O6S. The second kappa shape index (κ2) is 9.94. The van der Waals surface area contributed by atoms with Crippen LogP contribution in [0, 0.1) is 6.92 Å². The minimum atomic E-state index is -4.30. The van der Waals surface area contributed by atoms with Crippen LogP contribution in [0.4, 0.5) is 10.5 Å². The monoisotopic (exact) mass is 564 g/mol. The van der Waals surface area contributed by atoms with Gasteiger partial charge in [0.1, 0.15) is 16.2 Å². The topological polar surface area (TPSA) is 110 Å². The fourth-order valence-electron chi connectivity index (χ4n) is 3.33. The highest BCUT2D eigenvalue weighted by Crippen LogP contribution is 2.31. The van der Waals surface area contributed by atoms with Crippen molar-refractivity contribution < 1.29 is 27.0 Å². The number of nitrogens with one attached hydrogen (secondary N) is 1. The molecule has 0 unspecified atom stereocenters. The fourth-order valence-corrected chi connectivity index (χ4v) is 4.76. The number of halogens is 3. The normalized spacial score (nSPS) is 15.3. The van der Waals surface area contributed by atoms with E-state index in [0.29, 0.717) is 10.6 Å². The molecular weight excluding hydrogens is 551 g/mol. The molecule has 3 aromatic carbocycles. The summed E-state index contributed by atoms with van der Waals surface area (Å²) in [6, 6.07) is 12.9. The Labute approximate surface area is 221 Å². The van der Waals surface area contributed by atoms with Crippen molar-refractivity contribution in [3.05, 3.63) is 92.4 Å². The lowest BCUT2D eigenvalue weighted by molar-refractivity contribution is -0.122. The number of barbiturate groups is 1. The van der Waals surface area contributed by atoms with Crippen molar-refractivity contribution in [2.75, 3.05) is 4.90 Å². The minimum absolute atomic E-state index is 0.00986. The predicted molar refractivity (Wildman–Crippen MR) is 136 cm³/mol. The molecule has 1 aliphatic heterocycles. The first-order valence-corrected chi connectivity index (χ1v) is 12.7. The van der Waals surface area contributed by atoms with Gasteiger partial charge in [-0.1, -0.05) is 40.9 Å². The molecule has 36 heavy (non-hydrogen) atoms. The van der Waals surface area contributed by atoms with E-state index < -0.39 is 33.5 Å². The number of imide groups is 2. The van der Waals surface area contributed by atoms with Crippen LogP contribution in [0.25, 0.3) is 6.08 Å². The van der Waals surface area contributed by atoms with E-state index in [1.807, 2.05) is 0 Å². The Morgan fingerprint density at radius 1 is 0.861 bits per heavy atom. The van der Waals surface area contributed by atoms with Gasteiger partial charge in [-0.3, -0.25) is 14.9 Å². The molecule has 1 heterocycles.